The molecule has 3 aromatic carbocycles. The van der Waals surface area contributed by atoms with E-state index in [1.807, 2.05) is 48.5 Å². The number of para-hydroxylation sites is 1. The van der Waals surface area contributed by atoms with Crippen LogP contribution in [0.2, 0.25) is 0 Å². The zero-order valence-electron chi connectivity index (χ0n) is 16.1. The Bertz CT molecular complexity index is 956. The maximum atomic E-state index is 12.3. The Morgan fingerprint density at radius 2 is 1.41 bits per heavy atom. The summed E-state index contributed by atoms with van der Waals surface area (Å²) in [6, 6.07) is 23.5. The highest BCUT2D eigenvalue weighted by molar-refractivity contribution is 5.99. The van der Waals surface area contributed by atoms with Crippen molar-refractivity contribution < 1.29 is 19.1 Å². The number of amides is 2. The second-order valence-electron chi connectivity index (χ2n) is 6.34. The van der Waals surface area contributed by atoms with Gasteiger partial charge < -0.3 is 9.47 Å². The third kappa shape index (κ3) is 5.92. The van der Waals surface area contributed by atoms with Crippen LogP contribution >= 0.6 is 0 Å². The van der Waals surface area contributed by atoms with E-state index in [-0.39, 0.29) is 0 Å². The summed E-state index contributed by atoms with van der Waals surface area (Å²) in [5, 5.41) is 0. The minimum atomic E-state index is -0.401. The van der Waals surface area contributed by atoms with Crippen LogP contribution in [0, 0.1) is 0 Å². The number of benzene rings is 3. The van der Waals surface area contributed by atoms with Gasteiger partial charge in [-0.2, -0.15) is 0 Å². The predicted octanol–water partition coefficient (Wildman–Crippen LogP) is 3.49. The number of rotatable bonds is 7. The van der Waals surface area contributed by atoms with Crippen LogP contribution < -0.4 is 15.6 Å². The van der Waals surface area contributed by atoms with Gasteiger partial charge in [-0.05, 0) is 47.5 Å². The molecule has 3 aromatic rings. The van der Waals surface area contributed by atoms with E-state index in [0.717, 1.165) is 16.9 Å². The van der Waals surface area contributed by atoms with E-state index >= 15 is 0 Å². The molecule has 6 heteroatoms. The largest absolute Gasteiger partial charge is 0.489 e. The zero-order valence-corrected chi connectivity index (χ0v) is 16.1. The van der Waals surface area contributed by atoms with Gasteiger partial charge in [-0.3, -0.25) is 20.4 Å². The Balaban J connectivity index is 1.51. The lowest BCUT2D eigenvalue weighted by molar-refractivity contribution is 0.0846. The average Bonchev–Trinajstić information content (AvgIpc) is 2.77. The lowest BCUT2D eigenvalue weighted by atomic mass is 10.1. The second-order valence-corrected chi connectivity index (χ2v) is 6.34. The van der Waals surface area contributed by atoms with Crippen molar-refractivity contribution in [2.24, 2.45) is 0 Å². The van der Waals surface area contributed by atoms with Gasteiger partial charge in [-0.15, -0.1) is 0 Å². The Kier molecular flexibility index (Phi) is 6.97. The summed E-state index contributed by atoms with van der Waals surface area (Å²) < 4.78 is 10.7. The van der Waals surface area contributed by atoms with Crippen molar-refractivity contribution in [2.45, 2.75) is 13.2 Å². The summed E-state index contributed by atoms with van der Waals surface area (Å²) in [4.78, 5) is 24.5. The number of carbonyl (C=O) groups is 2. The number of hydrogen-bond donors (Lipinski definition) is 2. The first-order valence-electron chi connectivity index (χ1n) is 9.11. The Morgan fingerprint density at radius 3 is 2.10 bits per heavy atom. The van der Waals surface area contributed by atoms with E-state index in [0.29, 0.717) is 24.3 Å². The maximum Gasteiger partial charge on any atom is 0.269 e. The molecule has 0 aromatic heterocycles. The topological polar surface area (TPSA) is 76.7 Å². The van der Waals surface area contributed by atoms with Crippen molar-refractivity contribution >= 4 is 11.8 Å². The molecule has 0 bridgehead atoms. The normalized spacial score (nSPS) is 10.2. The molecule has 0 aliphatic heterocycles. The molecule has 0 radical (unpaired) electrons. The number of carbonyl (C=O) groups excluding carboxylic acids is 2. The molecule has 29 heavy (non-hydrogen) atoms. The smallest absolute Gasteiger partial charge is 0.269 e. The summed E-state index contributed by atoms with van der Waals surface area (Å²) >= 11 is 0. The van der Waals surface area contributed by atoms with Crippen molar-refractivity contribution in [3.63, 3.8) is 0 Å². The summed E-state index contributed by atoms with van der Waals surface area (Å²) in [6.45, 7) is 0.814. The molecule has 0 unspecified atom stereocenters. The molecule has 0 aliphatic rings. The zero-order chi connectivity index (χ0) is 20.5. The van der Waals surface area contributed by atoms with Crippen LogP contribution in [0.25, 0.3) is 0 Å². The summed E-state index contributed by atoms with van der Waals surface area (Å²) in [5.74, 6) is -0.0160. The molecule has 0 aliphatic carbocycles. The van der Waals surface area contributed by atoms with Gasteiger partial charge in [0.25, 0.3) is 11.8 Å². The predicted molar refractivity (Wildman–Crippen MR) is 109 cm³/mol. The van der Waals surface area contributed by atoms with E-state index in [2.05, 4.69) is 10.9 Å². The van der Waals surface area contributed by atoms with Crippen LogP contribution in [-0.2, 0) is 18.0 Å². The maximum absolute atomic E-state index is 12.3. The average molecular weight is 390 g/mol. The minimum Gasteiger partial charge on any atom is -0.489 e. The van der Waals surface area contributed by atoms with Crippen molar-refractivity contribution in [1.82, 2.24) is 10.9 Å². The van der Waals surface area contributed by atoms with Crippen LogP contribution in [0.4, 0.5) is 0 Å². The Labute approximate surface area is 169 Å². The lowest BCUT2D eigenvalue weighted by Crippen LogP contribution is -2.41. The van der Waals surface area contributed by atoms with E-state index < -0.39 is 11.8 Å². The molecule has 0 atom stereocenters. The van der Waals surface area contributed by atoms with Crippen molar-refractivity contribution in [2.75, 3.05) is 7.11 Å². The molecule has 0 saturated carbocycles. The van der Waals surface area contributed by atoms with Crippen LogP contribution in [0.3, 0.4) is 0 Å². The Hall–Kier alpha value is -3.64. The molecule has 148 valence electrons. The van der Waals surface area contributed by atoms with E-state index in [4.69, 9.17) is 9.47 Å². The second kappa shape index (κ2) is 10.1. The fourth-order valence-electron chi connectivity index (χ4n) is 2.66. The highest BCUT2D eigenvalue weighted by Gasteiger charge is 2.10. The molecular formula is C23H22N2O4. The first kappa shape index (κ1) is 20.1. The van der Waals surface area contributed by atoms with Gasteiger partial charge in [0.1, 0.15) is 12.4 Å². The van der Waals surface area contributed by atoms with Crippen LogP contribution in [-0.4, -0.2) is 18.9 Å². The molecule has 2 amide bonds. The number of ether oxygens (including phenoxy) is 2. The Morgan fingerprint density at radius 1 is 0.724 bits per heavy atom. The van der Waals surface area contributed by atoms with E-state index in [1.165, 1.54) is 0 Å². The van der Waals surface area contributed by atoms with E-state index in [9.17, 15) is 9.59 Å². The van der Waals surface area contributed by atoms with E-state index in [1.54, 1.807) is 37.4 Å². The molecule has 6 nitrogen and oxygen atoms in total. The highest BCUT2D eigenvalue weighted by Crippen LogP contribution is 2.12. The quantitative estimate of drug-likeness (QED) is 0.606. The van der Waals surface area contributed by atoms with Crippen molar-refractivity contribution in [3.05, 3.63) is 101 Å². The van der Waals surface area contributed by atoms with Gasteiger partial charge in [-0.1, -0.05) is 42.5 Å². The molecular weight excluding hydrogens is 368 g/mol. The molecule has 2 N–H and O–H groups in total. The third-order valence-electron chi connectivity index (χ3n) is 4.15. The SMILES string of the molecule is COCc1cccc(C(=O)NNC(=O)c2ccc(COc3ccccc3)cc2)c1. The summed E-state index contributed by atoms with van der Waals surface area (Å²) in [5.41, 5.74) is 7.53. The number of hydrogen-bond acceptors (Lipinski definition) is 4. The van der Waals surface area contributed by atoms with Crippen LogP contribution in [0.15, 0.2) is 78.9 Å². The summed E-state index contributed by atoms with van der Waals surface area (Å²) in [7, 11) is 1.59. The first-order valence-corrected chi connectivity index (χ1v) is 9.11. The fraction of sp³-hybridized carbons (Fsp3) is 0.130. The number of nitrogens with one attached hydrogen (secondary N) is 2. The van der Waals surface area contributed by atoms with Crippen LogP contribution in [0.5, 0.6) is 5.75 Å². The first-order chi connectivity index (χ1) is 14.2. The minimum absolute atomic E-state index is 0.399. The van der Waals surface area contributed by atoms with Gasteiger partial charge in [0.15, 0.2) is 0 Å². The number of methoxy groups -OCH3 is 1. The molecule has 0 fully saturated rings. The summed E-state index contributed by atoms with van der Waals surface area (Å²) in [6.07, 6.45) is 0. The molecule has 3 rings (SSSR count). The third-order valence-corrected chi connectivity index (χ3v) is 4.15. The highest BCUT2D eigenvalue weighted by atomic mass is 16.5. The molecule has 0 heterocycles. The van der Waals surface area contributed by atoms with Gasteiger partial charge >= 0.3 is 0 Å². The van der Waals surface area contributed by atoms with Crippen molar-refractivity contribution in [1.29, 1.82) is 0 Å². The van der Waals surface area contributed by atoms with Gasteiger partial charge in [0.2, 0.25) is 0 Å². The van der Waals surface area contributed by atoms with Gasteiger partial charge in [-0.25, -0.2) is 0 Å². The van der Waals surface area contributed by atoms with Gasteiger partial charge in [0, 0.05) is 18.2 Å². The monoisotopic (exact) mass is 390 g/mol. The molecule has 0 spiro atoms. The fourth-order valence-corrected chi connectivity index (χ4v) is 2.66. The van der Waals surface area contributed by atoms with Gasteiger partial charge in [0.05, 0.1) is 6.61 Å². The lowest BCUT2D eigenvalue weighted by Gasteiger charge is -2.09. The molecule has 0 saturated heterocycles. The van der Waals surface area contributed by atoms with Crippen LogP contribution in [0.1, 0.15) is 31.8 Å². The van der Waals surface area contributed by atoms with Crippen molar-refractivity contribution in [3.8, 4) is 5.75 Å². The standard InChI is InChI=1S/C23H22N2O4/c1-28-15-18-6-5-7-20(14-18)23(27)25-24-22(26)19-12-10-17(11-13-19)16-29-21-8-3-2-4-9-21/h2-14H,15-16H2,1H3,(H,24,26)(H,25,27). The number of hydrazine groups is 1.